The fourth-order valence-corrected chi connectivity index (χ4v) is 1.83. The van der Waals surface area contributed by atoms with Gasteiger partial charge in [0.15, 0.2) is 0 Å². The van der Waals surface area contributed by atoms with Crippen molar-refractivity contribution in [3.8, 4) is 0 Å². The Balaban J connectivity index is 2.39. The van der Waals surface area contributed by atoms with E-state index >= 15 is 0 Å². The molecule has 0 nitrogen and oxygen atoms in total. The van der Waals surface area contributed by atoms with Crippen molar-refractivity contribution in [2.24, 2.45) is 5.92 Å². The van der Waals surface area contributed by atoms with Crippen LogP contribution in [0.4, 0.5) is 0 Å². The van der Waals surface area contributed by atoms with Crippen LogP contribution in [0.25, 0.3) is 0 Å². The first-order valence-electron chi connectivity index (χ1n) is 4.16. The Morgan fingerprint density at radius 1 is 1.30 bits per heavy atom. The van der Waals surface area contributed by atoms with Crippen molar-refractivity contribution in [1.82, 2.24) is 0 Å². The van der Waals surface area contributed by atoms with Gasteiger partial charge in [-0.3, -0.25) is 0 Å². The zero-order valence-electron chi connectivity index (χ0n) is 6.57. The van der Waals surface area contributed by atoms with Crippen LogP contribution in [0, 0.1) is 5.92 Å². The molecule has 1 heteroatoms. The van der Waals surface area contributed by atoms with Crippen LogP contribution in [0.3, 0.4) is 0 Å². The largest absolute Gasteiger partial charge is 0.0892 e. The Hall–Kier alpha value is 0.0300. The summed E-state index contributed by atoms with van der Waals surface area (Å²) < 4.78 is 0. The Morgan fingerprint density at radius 2 is 1.90 bits per heavy atom. The van der Waals surface area contributed by atoms with Crippen molar-refractivity contribution in [2.75, 3.05) is 0 Å². The molecule has 0 N–H and O–H groups in total. The fraction of sp³-hybridized carbons (Fsp3) is 0.778. The molecule has 1 aliphatic carbocycles. The predicted molar refractivity (Wildman–Crippen MR) is 46.2 cm³/mol. The van der Waals surface area contributed by atoms with Crippen LogP contribution < -0.4 is 0 Å². The second-order valence-electron chi connectivity index (χ2n) is 3.01. The van der Waals surface area contributed by atoms with Gasteiger partial charge in [0.25, 0.3) is 0 Å². The molecule has 0 aliphatic heterocycles. The molecule has 0 spiro atoms. The van der Waals surface area contributed by atoms with Gasteiger partial charge in [0.2, 0.25) is 0 Å². The smallest absolute Gasteiger partial charge is 0.0169 e. The average molecular weight is 159 g/mol. The summed E-state index contributed by atoms with van der Waals surface area (Å²) in [6.45, 7) is 2.02. The molecule has 1 saturated carbocycles. The van der Waals surface area contributed by atoms with Crippen LogP contribution in [-0.2, 0) is 0 Å². The van der Waals surface area contributed by atoms with Gasteiger partial charge in [0.05, 0.1) is 0 Å². The third kappa shape index (κ3) is 2.02. The lowest BCUT2D eigenvalue weighted by Crippen LogP contribution is -2.05. The van der Waals surface area contributed by atoms with Crippen molar-refractivity contribution >= 4 is 11.6 Å². The van der Waals surface area contributed by atoms with E-state index < -0.39 is 0 Å². The lowest BCUT2D eigenvalue weighted by Gasteiger charge is -2.20. The molecule has 0 aromatic heterocycles. The molecule has 10 heavy (non-hydrogen) atoms. The first-order valence-corrected chi connectivity index (χ1v) is 4.54. The molecule has 0 bridgehead atoms. The molecule has 0 heterocycles. The van der Waals surface area contributed by atoms with Gasteiger partial charge in [-0.1, -0.05) is 36.9 Å². The third-order valence-corrected chi connectivity index (χ3v) is 2.80. The highest BCUT2D eigenvalue weighted by atomic mass is 35.5. The molecule has 1 rings (SSSR count). The summed E-state index contributed by atoms with van der Waals surface area (Å²) in [6, 6.07) is 0. The molecule has 0 atom stereocenters. The second kappa shape index (κ2) is 4.02. The van der Waals surface area contributed by atoms with Gasteiger partial charge in [-0.2, -0.15) is 0 Å². The number of halogens is 1. The maximum absolute atomic E-state index is 6.01. The minimum atomic E-state index is 0.695. The van der Waals surface area contributed by atoms with E-state index in [9.17, 15) is 0 Å². The zero-order chi connectivity index (χ0) is 7.40. The summed E-state index contributed by atoms with van der Waals surface area (Å²) in [7, 11) is 0. The molecular weight excluding hydrogens is 144 g/mol. The highest BCUT2D eigenvalue weighted by Crippen LogP contribution is 2.31. The van der Waals surface area contributed by atoms with Crippen LogP contribution in [0.5, 0.6) is 0 Å². The summed E-state index contributed by atoms with van der Waals surface area (Å²) >= 11 is 6.01. The summed E-state index contributed by atoms with van der Waals surface area (Å²) in [4.78, 5) is 0. The van der Waals surface area contributed by atoms with Crippen LogP contribution in [0.2, 0.25) is 0 Å². The molecular formula is C9H15Cl. The molecule has 0 aromatic rings. The van der Waals surface area contributed by atoms with E-state index in [2.05, 4.69) is 0 Å². The molecule has 0 saturated heterocycles. The van der Waals surface area contributed by atoms with E-state index in [-0.39, 0.29) is 0 Å². The van der Waals surface area contributed by atoms with Gasteiger partial charge in [-0.05, 0) is 25.7 Å². The Bertz CT molecular complexity index is 121. The van der Waals surface area contributed by atoms with Gasteiger partial charge >= 0.3 is 0 Å². The van der Waals surface area contributed by atoms with E-state index in [1.807, 2.05) is 13.0 Å². The Morgan fingerprint density at radius 3 is 2.40 bits per heavy atom. The van der Waals surface area contributed by atoms with Gasteiger partial charge in [-0.25, -0.2) is 0 Å². The molecule has 58 valence electrons. The van der Waals surface area contributed by atoms with E-state index in [1.54, 1.807) is 0 Å². The van der Waals surface area contributed by atoms with Crippen LogP contribution in [-0.4, -0.2) is 0 Å². The first-order chi connectivity index (χ1) is 4.84. The average Bonchev–Trinajstić information content (AvgIpc) is 2.05. The van der Waals surface area contributed by atoms with Crippen LogP contribution in [0.1, 0.15) is 39.0 Å². The van der Waals surface area contributed by atoms with Gasteiger partial charge in [0, 0.05) is 5.03 Å². The number of hydrogen-bond donors (Lipinski definition) is 0. The summed E-state index contributed by atoms with van der Waals surface area (Å²) in [6.07, 6.45) is 8.80. The fourth-order valence-electron chi connectivity index (χ4n) is 1.61. The highest BCUT2D eigenvalue weighted by molar-refractivity contribution is 6.29. The van der Waals surface area contributed by atoms with Gasteiger partial charge in [-0.15, -0.1) is 0 Å². The normalized spacial score (nSPS) is 23.2. The lowest BCUT2D eigenvalue weighted by atomic mass is 9.89. The van der Waals surface area contributed by atoms with Crippen LogP contribution >= 0.6 is 11.6 Å². The minimum Gasteiger partial charge on any atom is -0.0892 e. The maximum atomic E-state index is 6.01. The highest BCUT2D eigenvalue weighted by Gasteiger charge is 2.14. The first kappa shape index (κ1) is 8.13. The quantitative estimate of drug-likeness (QED) is 0.546. The topological polar surface area (TPSA) is 0 Å². The monoisotopic (exact) mass is 158 g/mol. The lowest BCUT2D eigenvalue weighted by molar-refractivity contribution is 0.413. The molecule has 0 aromatic carbocycles. The zero-order valence-corrected chi connectivity index (χ0v) is 7.32. The SMILES string of the molecule is C/C=C(\Cl)C1CCCCC1. The van der Waals surface area contributed by atoms with E-state index in [0.717, 1.165) is 5.03 Å². The van der Waals surface area contributed by atoms with E-state index in [1.165, 1.54) is 32.1 Å². The maximum Gasteiger partial charge on any atom is 0.0169 e. The van der Waals surface area contributed by atoms with Crippen LogP contribution in [0.15, 0.2) is 11.1 Å². The second-order valence-corrected chi connectivity index (χ2v) is 3.44. The third-order valence-electron chi connectivity index (χ3n) is 2.27. The molecule has 1 aliphatic rings. The van der Waals surface area contributed by atoms with Crippen molar-refractivity contribution in [1.29, 1.82) is 0 Å². The van der Waals surface area contributed by atoms with E-state index in [4.69, 9.17) is 11.6 Å². The van der Waals surface area contributed by atoms with Crippen molar-refractivity contribution in [3.05, 3.63) is 11.1 Å². The van der Waals surface area contributed by atoms with Crippen molar-refractivity contribution < 1.29 is 0 Å². The van der Waals surface area contributed by atoms with E-state index in [0.29, 0.717) is 5.92 Å². The minimum absolute atomic E-state index is 0.695. The Kier molecular flexibility index (Phi) is 3.27. The molecule has 1 fully saturated rings. The summed E-state index contributed by atoms with van der Waals surface area (Å²) in [5, 5.41) is 1.08. The van der Waals surface area contributed by atoms with Crippen molar-refractivity contribution in [2.45, 2.75) is 39.0 Å². The molecule has 0 amide bonds. The number of hydrogen-bond acceptors (Lipinski definition) is 0. The van der Waals surface area contributed by atoms with Crippen molar-refractivity contribution in [3.63, 3.8) is 0 Å². The molecule has 0 unspecified atom stereocenters. The Labute approximate surface area is 68.3 Å². The molecule has 0 radical (unpaired) electrons. The number of allylic oxidation sites excluding steroid dienone is 2. The summed E-state index contributed by atoms with van der Waals surface area (Å²) in [5.41, 5.74) is 0. The number of rotatable bonds is 1. The summed E-state index contributed by atoms with van der Waals surface area (Å²) in [5.74, 6) is 0.695. The predicted octanol–water partition coefficient (Wildman–Crippen LogP) is 3.71. The van der Waals surface area contributed by atoms with Gasteiger partial charge < -0.3 is 0 Å². The standard InChI is InChI=1S/C9H15Cl/c1-2-9(10)8-6-4-3-5-7-8/h2,8H,3-7H2,1H3/b9-2-. The van der Waals surface area contributed by atoms with Gasteiger partial charge in [0.1, 0.15) is 0 Å².